The van der Waals surface area contributed by atoms with Crippen molar-refractivity contribution in [3.05, 3.63) is 62.8 Å². The van der Waals surface area contributed by atoms with Gasteiger partial charge >= 0.3 is 0 Å². The Bertz CT molecular complexity index is 1010. The summed E-state index contributed by atoms with van der Waals surface area (Å²) in [4.78, 5) is 12.3. The topological polar surface area (TPSA) is 64.7 Å². The molecule has 9 heteroatoms. The Kier molecular flexibility index (Phi) is 6.05. The molecule has 0 aliphatic rings. The zero-order chi connectivity index (χ0) is 20.4. The minimum Gasteiger partial charge on any atom is -0.309 e. The molecule has 0 aliphatic carbocycles. The molecule has 2 heterocycles. The lowest BCUT2D eigenvalue weighted by atomic mass is 10.2. The lowest BCUT2D eigenvalue weighted by Crippen LogP contribution is -2.16. The number of anilines is 1. The van der Waals surface area contributed by atoms with Gasteiger partial charge in [0, 0.05) is 28.8 Å². The minimum absolute atomic E-state index is 0.178. The molecular formula is C19H20Cl2FN5O. The van der Waals surface area contributed by atoms with Gasteiger partial charge < -0.3 is 5.32 Å². The first-order valence-electron chi connectivity index (χ1n) is 8.73. The molecule has 0 atom stereocenters. The molecular weight excluding hydrogens is 404 g/mol. The fraction of sp³-hybridized carbons (Fsp3) is 0.316. The fourth-order valence-electron chi connectivity index (χ4n) is 2.87. The van der Waals surface area contributed by atoms with Crippen molar-refractivity contribution in [2.24, 2.45) is 0 Å². The van der Waals surface area contributed by atoms with Gasteiger partial charge in [-0.25, -0.2) is 4.39 Å². The highest BCUT2D eigenvalue weighted by molar-refractivity contribution is 6.32. The van der Waals surface area contributed by atoms with Gasteiger partial charge in [-0.05, 0) is 32.9 Å². The number of amides is 1. The summed E-state index contributed by atoms with van der Waals surface area (Å²) in [6.45, 7) is 6.10. The van der Waals surface area contributed by atoms with Crippen molar-refractivity contribution >= 4 is 34.9 Å². The zero-order valence-corrected chi connectivity index (χ0v) is 17.3. The zero-order valence-electron chi connectivity index (χ0n) is 15.8. The van der Waals surface area contributed by atoms with E-state index in [0.29, 0.717) is 28.0 Å². The van der Waals surface area contributed by atoms with Crippen molar-refractivity contribution in [2.45, 2.75) is 40.3 Å². The van der Waals surface area contributed by atoms with Crippen molar-refractivity contribution < 1.29 is 9.18 Å². The smallest absolute Gasteiger partial charge is 0.227 e. The Hall–Kier alpha value is -2.38. The second kappa shape index (κ2) is 8.32. The van der Waals surface area contributed by atoms with Crippen molar-refractivity contribution in [3.8, 4) is 0 Å². The molecule has 1 N–H and O–H groups in total. The van der Waals surface area contributed by atoms with E-state index in [1.807, 2.05) is 20.8 Å². The molecule has 1 amide bonds. The normalized spacial score (nSPS) is 11.1. The summed E-state index contributed by atoms with van der Waals surface area (Å²) in [5.74, 6) is -0.185. The van der Waals surface area contributed by atoms with E-state index in [1.54, 1.807) is 27.6 Å². The number of hydrogen-bond donors (Lipinski definition) is 1. The highest BCUT2D eigenvalue weighted by Gasteiger charge is 2.14. The van der Waals surface area contributed by atoms with Crippen LogP contribution in [0.25, 0.3) is 0 Å². The second-order valence-corrected chi connectivity index (χ2v) is 7.32. The maximum absolute atomic E-state index is 14.0. The molecule has 0 bridgehead atoms. The van der Waals surface area contributed by atoms with Gasteiger partial charge in [0.15, 0.2) is 5.82 Å². The molecule has 0 saturated heterocycles. The Labute approximate surface area is 172 Å². The van der Waals surface area contributed by atoms with E-state index in [1.165, 1.54) is 6.07 Å². The predicted molar refractivity (Wildman–Crippen MR) is 107 cm³/mol. The summed E-state index contributed by atoms with van der Waals surface area (Å²) in [7, 11) is 0. The molecule has 0 aliphatic heterocycles. The summed E-state index contributed by atoms with van der Waals surface area (Å²) in [5.41, 5.74) is 2.70. The van der Waals surface area contributed by atoms with Gasteiger partial charge in [0.05, 0.1) is 29.5 Å². The molecule has 3 aromatic rings. The summed E-state index contributed by atoms with van der Waals surface area (Å²) in [5, 5.41) is 12.3. The Morgan fingerprint density at radius 2 is 1.93 bits per heavy atom. The number of carbonyl (C=O) groups is 1. The van der Waals surface area contributed by atoms with E-state index in [9.17, 15) is 9.18 Å². The van der Waals surface area contributed by atoms with Gasteiger partial charge in [-0.15, -0.1) is 0 Å². The highest BCUT2D eigenvalue weighted by Crippen LogP contribution is 2.22. The van der Waals surface area contributed by atoms with Gasteiger partial charge in [-0.3, -0.25) is 14.2 Å². The van der Waals surface area contributed by atoms with Crippen LogP contribution in [0.2, 0.25) is 10.0 Å². The molecule has 1 aromatic carbocycles. The largest absolute Gasteiger partial charge is 0.309 e. The standard InChI is InChI=1S/C19H20Cl2FN5O/c1-11-9-17(25-27(11)10-14-15(20)5-4-6-16(14)22)23-18(28)7-8-26-13(3)19(21)12(2)24-26/h4-6,9H,7-8,10H2,1-3H3,(H,23,25,28). The molecule has 0 radical (unpaired) electrons. The number of aromatic nitrogens is 4. The first-order valence-corrected chi connectivity index (χ1v) is 9.48. The number of rotatable bonds is 6. The van der Waals surface area contributed by atoms with Gasteiger partial charge in [0.25, 0.3) is 0 Å². The first-order chi connectivity index (χ1) is 13.3. The van der Waals surface area contributed by atoms with Crippen molar-refractivity contribution in [2.75, 3.05) is 5.32 Å². The van der Waals surface area contributed by atoms with Crippen LogP contribution < -0.4 is 5.32 Å². The molecule has 0 fully saturated rings. The van der Waals surface area contributed by atoms with Gasteiger partial charge in [0.2, 0.25) is 5.91 Å². The quantitative estimate of drug-likeness (QED) is 0.633. The summed E-state index contributed by atoms with van der Waals surface area (Å²) < 4.78 is 17.3. The number of nitrogens with zero attached hydrogens (tertiary/aromatic N) is 4. The third-order valence-corrected chi connectivity index (χ3v) is 5.36. The Morgan fingerprint density at radius 1 is 1.18 bits per heavy atom. The van der Waals surface area contributed by atoms with Crippen molar-refractivity contribution in [1.29, 1.82) is 0 Å². The van der Waals surface area contributed by atoms with Crippen LogP contribution in [0.3, 0.4) is 0 Å². The number of nitrogens with one attached hydrogen (secondary N) is 1. The van der Waals surface area contributed by atoms with Crippen LogP contribution in [-0.4, -0.2) is 25.5 Å². The number of benzene rings is 1. The van der Waals surface area contributed by atoms with Gasteiger partial charge in [-0.2, -0.15) is 10.2 Å². The van der Waals surface area contributed by atoms with E-state index in [0.717, 1.165) is 17.1 Å². The number of hydrogen-bond acceptors (Lipinski definition) is 3. The average molecular weight is 424 g/mol. The van der Waals surface area contributed by atoms with E-state index < -0.39 is 5.82 Å². The summed E-state index contributed by atoms with van der Waals surface area (Å²) in [6, 6.07) is 6.27. The average Bonchev–Trinajstić information content (AvgIpc) is 3.10. The highest BCUT2D eigenvalue weighted by atomic mass is 35.5. The van der Waals surface area contributed by atoms with Crippen LogP contribution in [0.4, 0.5) is 10.2 Å². The fourth-order valence-corrected chi connectivity index (χ4v) is 3.23. The molecule has 2 aromatic heterocycles. The monoisotopic (exact) mass is 423 g/mol. The predicted octanol–water partition coefficient (Wildman–Crippen LogP) is 4.53. The van der Waals surface area contributed by atoms with Crippen LogP contribution in [0.5, 0.6) is 0 Å². The molecule has 148 valence electrons. The van der Waals surface area contributed by atoms with Gasteiger partial charge in [0.1, 0.15) is 5.82 Å². The molecule has 0 spiro atoms. The minimum atomic E-state index is -0.392. The lowest BCUT2D eigenvalue weighted by molar-refractivity contribution is -0.116. The Morgan fingerprint density at radius 3 is 2.57 bits per heavy atom. The van der Waals surface area contributed by atoms with Crippen LogP contribution in [-0.2, 0) is 17.9 Å². The molecule has 0 unspecified atom stereocenters. The Balaban J connectivity index is 1.64. The van der Waals surface area contributed by atoms with Crippen LogP contribution in [0, 0.1) is 26.6 Å². The van der Waals surface area contributed by atoms with E-state index in [4.69, 9.17) is 23.2 Å². The lowest BCUT2D eigenvalue weighted by Gasteiger charge is -2.08. The van der Waals surface area contributed by atoms with E-state index in [-0.39, 0.29) is 18.9 Å². The first kappa shape index (κ1) is 20.4. The maximum atomic E-state index is 14.0. The van der Waals surface area contributed by atoms with Crippen molar-refractivity contribution in [1.82, 2.24) is 19.6 Å². The third kappa shape index (κ3) is 4.36. The molecule has 0 saturated carbocycles. The molecule has 3 rings (SSSR count). The number of aryl methyl sites for hydroxylation is 3. The SMILES string of the molecule is Cc1nn(CCC(=O)Nc2cc(C)n(Cc3c(F)cccc3Cl)n2)c(C)c1Cl. The van der Waals surface area contributed by atoms with Crippen LogP contribution >= 0.6 is 23.2 Å². The van der Waals surface area contributed by atoms with Crippen molar-refractivity contribution in [3.63, 3.8) is 0 Å². The summed E-state index contributed by atoms with van der Waals surface area (Å²) in [6.07, 6.45) is 0.226. The van der Waals surface area contributed by atoms with Crippen LogP contribution in [0.1, 0.15) is 29.1 Å². The maximum Gasteiger partial charge on any atom is 0.227 e. The molecule has 6 nitrogen and oxygen atoms in total. The molecule has 28 heavy (non-hydrogen) atoms. The summed E-state index contributed by atoms with van der Waals surface area (Å²) >= 11 is 12.2. The van der Waals surface area contributed by atoms with E-state index in [2.05, 4.69) is 15.5 Å². The number of halogens is 3. The van der Waals surface area contributed by atoms with Crippen LogP contribution in [0.15, 0.2) is 24.3 Å². The van der Waals surface area contributed by atoms with Gasteiger partial charge in [-0.1, -0.05) is 29.3 Å². The van der Waals surface area contributed by atoms with E-state index >= 15 is 0 Å². The third-order valence-electron chi connectivity index (χ3n) is 4.46. The number of carbonyl (C=O) groups excluding carboxylic acids is 1. The second-order valence-electron chi connectivity index (χ2n) is 6.53.